The van der Waals surface area contributed by atoms with Crippen molar-refractivity contribution < 1.29 is 22.8 Å². The van der Waals surface area contributed by atoms with Gasteiger partial charge in [-0.25, -0.2) is 4.98 Å². The van der Waals surface area contributed by atoms with E-state index in [9.17, 15) is 22.8 Å². The van der Waals surface area contributed by atoms with Crippen LogP contribution in [-0.4, -0.2) is 34.4 Å². The van der Waals surface area contributed by atoms with E-state index < -0.39 is 12.1 Å². The van der Waals surface area contributed by atoms with E-state index in [1.54, 1.807) is 6.07 Å². The van der Waals surface area contributed by atoms with E-state index in [2.05, 4.69) is 10.3 Å². The first kappa shape index (κ1) is 19.4. The number of aromatic nitrogens is 1. The fourth-order valence-corrected chi connectivity index (χ4v) is 4.42. The lowest BCUT2D eigenvalue weighted by Gasteiger charge is -2.30. The molecule has 3 aromatic rings. The van der Waals surface area contributed by atoms with Crippen molar-refractivity contribution in [2.24, 2.45) is 0 Å². The summed E-state index contributed by atoms with van der Waals surface area (Å²) in [5, 5.41) is 3.46. The van der Waals surface area contributed by atoms with E-state index in [0.717, 1.165) is 26.2 Å². The van der Waals surface area contributed by atoms with Crippen LogP contribution in [-0.2, 0) is 22.6 Å². The Kier molecular flexibility index (Phi) is 4.77. The van der Waals surface area contributed by atoms with E-state index in [4.69, 9.17) is 0 Å². The third-order valence-electron chi connectivity index (χ3n) is 4.72. The first-order chi connectivity index (χ1) is 13.7. The van der Waals surface area contributed by atoms with Crippen LogP contribution in [0.25, 0.3) is 20.8 Å². The minimum absolute atomic E-state index is 0.00981. The average molecular weight is 419 g/mol. The zero-order chi connectivity index (χ0) is 20.8. The maximum absolute atomic E-state index is 12.8. The molecule has 2 heterocycles. The average Bonchev–Trinajstić information content (AvgIpc) is 3.09. The standard InChI is InChI=1S/C20H16F3N3O2S/c1-11(27)24-16-9-13-10-26(19(28)20(21,22)23)7-6-12(13)8-14(16)18-25-15-4-2-3-5-17(15)29-18/h2-5,8-9H,6-7,10H2,1H3,(H,24,27). The van der Waals surface area contributed by atoms with Gasteiger partial charge in [-0.2, -0.15) is 13.2 Å². The zero-order valence-electron chi connectivity index (χ0n) is 15.3. The normalized spacial score (nSPS) is 14.0. The Morgan fingerprint density at radius 2 is 1.93 bits per heavy atom. The van der Waals surface area contributed by atoms with Crippen LogP contribution < -0.4 is 5.32 Å². The number of amides is 2. The van der Waals surface area contributed by atoms with Crippen LogP contribution in [0, 0.1) is 0 Å². The second-order valence-corrected chi connectivity index (χ2v) is 7.84. The number of hydrogen-bond acceptors (Lipinski definition) is 4. The second-order valence-electron chi connectivity index (χ2n) is 6.81. The van der Waals surface area contributed by atoms with Crippen LogP contribution in [0.15, 0.2) is 36.4 Å². The SMILES string of the molecule is CC(=O)Nc1cc2c(cc1-c1nc3ccccc3s1)CCN(C(=O)C(F)(F)F)C2. The minimum atomic E-state index is -4.90. The number of carbonyl (C=O) groups excluding carboxylic acids is 2. The molecule has 5 nitrogen and oxygen atoms in total. The molecule has 1 aliphatic rings. The summed E-state index contributed by atoms with van der Waals surface area (Å²) >= 11 is 1.48. The first-order valence-corrected chi connectivity index (χ1v) is 9.69. The highest BCUT2D eigenvalue weighted by atomic mass is 32.1. The number of thiazole rings is 1. The van der Waals surface area contributed by atoms with E-state index >= 15 is 0 Å². The van der Waals surface area contributed by atoms with Crippen LogP contribution in [0.1, 0.15) is 18.1 Å². The number of alkyl halides is 3. The molecule has 4 rings (SSSR count). The Hall–Kier alpha value is -2.94. The molecule has 2 aromatic carbocycles. The predicted octanol–water partition coefficient (Wildman–Crippen LogP) is 4.37. The Balaban J connectivity index is 1.76. The van der Waals surface area contributed by atoms with Crippen LogP contribution in [0.3, 0.4) is 0 Å². The van der Waals surface area contributed by atoms with Gasteiger partial charge in [0.25, 0.3) is 0 Å². The molecule has 0 bridgehead atoms. The number of halogens is 3. The van der Waals surface area contributed by atoms with Gasteiger partial charge in [0.05, 0.1) is 15.9 Å². The zero-order valence-corrected chi connectivity index (χ0v) is 16.2. The predicted molar refractivity (Wildman–Crippen MR) is 105 cm³/mol. The summed E-state index contributed by atoms with van der Waals surface area (Å²) < 4.78 is 39.4. The van der Waals surface area contributed by atoms with Gasteiger partial charge >= 0.3 is 12.1 Å². The number of carbonyl (C=O) groups is 2. The molecular formula is C20H16F3N3O2S. The summed E-state index contributed by atoms with van der Waals surface area (Å²) in [7, 11) is 0. The monoisotopic (exact) mass is 419 g/mol. The van der Waals surface area contributed by atoms with E-state index in [-0.39, 0.29) is 19.0 Å². The molecule has 29 heavy (non-hydrogen) atoms. The molecule has 0 radical (unpaired) electrons. The van der Waals surface area contributed by atoms with Crippen molar-refractivity contribution >= 4 is 39.1 Å². The van der Waals surface area contributed by atoms with Gasteiger partial charge < -0.3 is 10.2 Å². The molecule has 0 atom stereocenters. The lowest BCUT2D eigenvalue weighted by Crippen LogP contribution is -2.43. The Labute approximate surface area is 168 Å². The topological polar surface area (TPSA) is 62.3 Å². The molecule has 1 N–H and O–H groups in total. The number of nitrogens with one attached hydrogen (secondary N) is 1. The number of anilines is 1. The minimum Gasteiger partial charge on any atom is -0.330 e. The third-order valence-corrected chi connectivity index (χ3v) is 5.79. The summed E-state index contributed by atoms with van der Waals surface area (Å²) in [4.78, 5) is 28.7. The lowest BCUT2D eigenvalue weighted by atomic mass is 9.95. The molecule has 0 aliphatic carbocycles. The van der Waals surface area contributed by atoms with Gasteiger partial charge in [0.15, 0.2) is 0 Å². The number of rotatable bonds is 2. The van der Waals surface area contributed by atoms with Crippen molar-refractivity contribution in [3.05, 3.63) is 47.5 Å². The Bertz CT molecular complexity index is 1090. The van der Waals surface area contributed by atoms with Crippen molar-refractivity contribution in [2.75, 3.05) is 11.9 Å². The molecule has 150 valence electrons. The molecule has 2 amide bonds. The fraction of sp³-hybridized carbons (Fsp3) is 0.250. The Morgan fingerprint density at radius 3 is 2.62 bits per heavy atom. The number of fused-ring (bicyclic) bond motifs is 2. The summed E-state index contributed by atoms with van der Waals surface area (Å²) in [6, 6.07) is 11.2. The van der Waals surface area contributed by atoms with Crippen molar-refractivity contribution in [3.8, 4) is 10.6 Å². The Morgan fingerprint density at radius 1 is 1.17 bits per heavy atom. The van der Waals surface area contributed by atoms with Crippen LogP contribution >= 0.6 is 11.3 Å². The highest BCUT2D eigenvalue weighted by Crippen LogP contribution is 2.38. The van der Waals surface area contributed by atoms with E-state index in [1.165, 1.54) is 18.3 Å². The van der Waals surface area contributed by atoms with Gasteiger partial charge in [-0.15, -0.1) is 11.3 Å². The molecule has 0 saturated heterocycles. The maximum Gasteiger partial charge on any atom is 0.471 e. The van der Waals surface area contributed by atoms with E-state index in [1.807, 2.05) is 30.3 Å². The molecular weight excluding hydrogens is 403 g/mol. The number of para-hydroxylation sites is 1. The number of hydrogen-bond donors (Lipinski definition) is 1. The van der Waals surface area contributed by atoms with Gasteiger partial charge in [-0.1, -0.05) is 12.1 Å². The van der Waals surface area contributed by atoms with E-state index in [0.29, 0.717) is 22.7 Å². The van der Waals surface area contributed by atoms with Crippen LogP contribution in [0.2, 0.25) is 0 Å². The molecule has 0 unspecified atom stereocenters. The van der Waals surface area contributed by atoms with Gasteiger partial charge in [0.2, 0.25) is 5.91 Å². The van der Waals surface area contributed by atoms with Gasteiger partial charge in [-0.3, -0.25) is 9.59 Å². The fourth-order valence-electron chi connectivity index (χ4n) is 3.42. The molecule has 1 aliphatic heterocycles. The molecule has 1 aromatic heterocycles. The van der Waals surface area contributed by atoms with Gasteiger partial charge in [0, 0.05) is 25.6 Å². The third kappa shape index (κ3) is 3.82. The molecule has 9 heteroatoms. The van der Waals surface area contributed by atoms with Crippen molar-refractivity contribution in [1.29, 1.82) is 0 Å². The second kappa shape index (κ2) is 7.14. The lowest BCUT2D eigenvalue weighted by molar-refractivity contribution is -0.186. The number of benzene rings is 2. The quantitative estimate of drug-likeness (QED) is 0.671. The highest BCUT2D eigenvalue weighted by molar-refractivity contribution is 7.21. The smallest absolute Gasteiger partial charge is 0.330 e. The van der Waals surface area contributed by atoms with Crippen molar-refractivity contribution in [3.63, 3.8) is 0 Å². The van der Waals surface area contributed by atoms with Crippen LogP contribution in [0.4, 0.5) is 18.9 Å². The summed E-state index contributed by atoms with van der Waals surface area (Å²) in [5.41, 5.74) is 3.45. The first-order valence-electron chi connectivity index (χ1n) is 8.88. The van der Waals surface area contributed by atoms with Gasteiger partial charge in [-0.05, 0) is 41.8 Å². The maximum atomic E-state index is 12.8. The van der Waals surface area contributed by atoms with Gasteiger partial charge in [0.1, 0.15) is 5.01 Å². The summed E-state index contributed by atoms with van der Waals surface area (Å²) in [6.07, 6.45) is -4.60. The van der Waals surface area contributed by atoms with Crippen molar-refractivity contribution in [2.45, 2.75) is 26.1 Å². The van der Waals surface area contributed by atoms with Crippen molar-refractivity contribution in [1.82, 2.24) is 9.88 Å². The van der Waals surface area contributed by atoms with Crippen LogP contribution in [0.5, 0.6) is 0 Å². The molecule has 0 spiro atoms. The summed E-state index contributed by atoms with van der Waals surface area (Å²) in [5.74, 6) is -2.15. The number of nitrogens with zero attached hydrogens (tertiary/aromatic N) is 2. The largest absolute Gasteiger partial charge is 0.471 e. The molecule has 0 fully saturated rings. The highest BCUT2D eigenvalue weighted by Gasteiger charge is 2.43. The molecule has 0 saturated carbocycles. The summed E-state index contributed by atoms with van der Waals surface area (Å²) in [6.45, 7) is 1.20.